The van der Waals surface area contributed by atoms with E-state index >= 15 is 0 Å². The zero-order chi connectivity index (χ0) is 7.44. The van der Waals surface area contributed by atoms with Crippen molar-refractivity contribution in [1.82, 2.24) is 5.32 Å². The van der Waals surface area contributed by atoms with E-state index in [4.69, 9.17) is 5.11 Å². The summed E-state index contributed by atoms with van der Waals surface area (Å²) in [6.07, 6.45) is -0.604. The Hall–Kier alpha value is -0.410. The Bertz CT molecular complexity index is 101. The Morgan fingerprint density at radius 3 is 2.11 bits per heavy atom. The third kappa shape index (κ3) is 2.58. The summed E-state index contributed by atoms with van der Waals surface area (Å²) in [5, 5.41) is 11.6. The Balaban J connectivity index is 3.83. The molecule has 0 bridgehead atoms. The van der Waals surface area contributed by atoms with E-state index in [1.807, 2.05) is 0 Å². The lowest BCUT2D eigenvalue weighted by Crippen LogP contribution is -2.41. The number of Topliss-reactive ketones (excluding diaryl/α,β-unsaturated/α-hetero) is 1. The highest BCUT2D eigenvalue weighted by Gasteiger charge is 2.16. The van der Waals surface area contributed by atoms with Crippen LogP contribution in [0.25, 0.3) is 0 Å². The van der Waals surface area contributed by atoms with Gasteiger partial charge >= 0.3 is 0 Å². The number of aliphatic hydroxyl groups excluding tert-OH is 1. The van der Waals surface area contributed by atoms with Gasteiger partial charge in [-0.3, -0.25) is 4.79 Å². The lowest BCUT2D eigenvalue weighted by molar-refractivity contribution is -0.121. The number of likely N-dealkylation sites (N-methyl/N-ethyl adjacent to an activating group) is 1. The molecule has 2 N–H and O–H groups in total. The van der Waals surface area contributed by atoms with E-state index in [1.165, 1.54) is 6.92 Å². The summed E-state index contributed by atoms with van der Waals surface area (Å²) in [7, 11) is 1.65. The van der Waals surface area contributed by atoms with Gasteiger partial charge in [-0.05, 0) is 20.9 Å². The minimum atomic E-state index is -0.604. The lowest BCUT2D eigenvalue weighted by Gasteiger charge is -2.14. The van der Waals surface area contributed by atoms with Gasteiger partial charge in [-0.15, -0.1) is 0 Å². The summed E-state index contributed by atoms with van der Waals surface area (Å²) < 4.78 is 0. The van der Waals surface area contributed by atoms with E-state index in [0.717, 1.165) is 0 Å². The van der Waals surface area contributed by atoms with Crippen LogP contribution in [0.5, 0.6) is 0 Å². The largest absolute Gasteiger partial charge is 0.391 e. The first-order chi connectivity index (χ1) is 4.09. The van der Waals surface area contributed by atoms with Crippen molar-refractivity contribution < 1.29 is 9.90 Å². The maximum atomic E-state index is 10.6. The van der Waals surface area contributed by atoms with E-state index in [0.29, 0.717) is 0 Å². The molecular weight excluding hydrogens is 118 g/mol. The fourth-order valence-corrected chi connectivity index (χ4v) is 0.784. The fourth-order valence-electron chi connectivity index (χ4n) is 0.784. The molecular formula is C6H13NO2. The van der Waals surface area contributed by atoms with Crippen LogP contribution in [0.1, 0.15) is 13.8 Å². The predicted octanol–water partition coefficient (Wildman–Crippen LogP) is -0.456. The molecule has 0 aromatic heterocycles. The maximum absolute atomic E-state index is 10.6. The normalized spacial score (nSPS) is 16.9. The molecule has 0 radical (unpaired) electrons. The Kier molecular flexibility index (Phi) is 3.42. The molecule has 0 heterocycles. The number of aliphatic hydroxyl groups is 1. The molecule has 0 saturated carbocycles. The summed E-state index contributed by atoms with van der Waals surface area (Å²) in [6, 6.07) is -0.412. The zero-order valence-corrected chi connectivity index (χ0v) is 6.01. The maximum Gasteiger partial charge on any atom is 0.149 e. The fraction of sp³-hybridized carbons (Fsp3) is 0.833. The van der Waals surface area contributed by atoms with Crippen molar-refractivity contribution in [3.63, 3.8) is 0 Å². The van der Waals surface area contributed by atoms with Gasteiger partial charge in [-0.2, -0.15) is 0 Å². The van der Waals surface area contributed by atoms with E-state index in [1.54, 1.807) is 14.0 Å². The first-order valence-electron chi connectivity index (χ1n) is 2.95. The second kappa shape index (κ2) is 3.58. The van der Waals surface area contributed by atoms with Crippen molar-refractivity contribution >= 4 is 5.78 Å². The highest BCUT2D eigenvalue weighted by molar-refractivity contribution is 5.81. The van der Waals surface area contributed by atoms with Gasteiger partial charge in [-0.25, -0.2) is 0 Å². The molecule has 0 aliphatic carbocycles. The number of ketones is 1. The molecule has 0 rings (SSSR count). The number of nitrogens with one attached hydrogen (secondary N) is 1. The minimum Gasteiger partial charge on any atom is -0.391 e. The zero-order valence-electron chi connectivity index (χ0n) is 6.01. The van der Waals surface area contributed by atoms with Crippen LogP contribution < -0.4 is 5.32 Å². The van der Waals surface area contributed by atoms with Gasteiger partial charge in [0.25, 0.3) is 0 Å². The smallest absolute Gasteiger partial charge is 0.149 e. The van der Waals surface area contributed by atoms with Crippen molar-refractivity contribution in [2.45, 2.75) is 26.0 Å². The molecule has 0 aliphatic rings. The number of carbonyl (C=O) groups is 1. The van der Waals surface area contributed by atoms with Crippen LogP contribution in [0.4, 0.5) is 0 Å². The second-order valence-electron chi connectivity index (χ2n) is 2.12. The van der Waals surface area contributed by atoms with E-state index < -0.39 is 12.1 Å². The van der Waals surface area contributed by atoms with Crippen LogP contribution in [0.2, 0.25) is 0 Å². The first kappa shape index (κ1) is 8.59. The Labute approximate surface area is 55.1 Å². The molecule has 0 aromatic carbocycles. The van der Waals surface area contributed by atoms with Crippen molar-refractivity contribution in [3.05, 3.63) is 0 Å². The molecule has 9 heavy (non-hydrogen) atoms. The highest BCUT2D eigenvalue weighted by atomic mass is 16.3. The van der Waals surface area contributed by atoms with E-state index in [-0.39, 0.29) is 5.78 Å². The van der Waals surface area contributed by atoms with Crippen LogP contribution >= 0.6 is 0 Å². The summed E-state index contributed by atoms with van der Waals surface area (Å²) in [5.74, 6) is -0.0347. The van der Waals surface area contributed by atoms with Crippen LogP contribution in [0.3, 0.4) is 0 Å². The summed E-state index contributed by atoms with van der Waals surface area (Å²) in [4.78, 5) is 10.6. The summed E-state index contributed by atoms with van der Waals surface area (Å²) in [6.45, 7) is 3.04. The molecule has 0 fully saturated rings. The van der Waals surface area contributed by atoms with Gasteiger partial charge in [-0.1, -0.05) is 0 Å². The molecule has 3 heteroatoms. The predicted molar refractivity (Wildman–Crippen MR) is 35.2 cm³/mol. The third-order valence-electron chi connectivity index (χ3n) is 1.23. The Morgan fingerprint density at radius 1 is 1.67 bits per heavy atom. The van der Waals surface area contributed by atoms with Crippen molar-refractivity contribution in [2.24, 2.45) is 0 Å². The van der Waals surface area contributed by atoms with Gasteiger partial charge in [0, 0.05) is 0 Å². The highest BCUT2D eigenvalue weighted by Crippen LogP contribution is 1.91. The van der Waals surface area contributed by atoms with E-state index in [2.05, 4.69) is 5.32 Å². The topological polar surface area (TPSA) is 49.3 Å². The molecule has 3 nitrogen and oxygen atoms in total. The monoisotopic (exact) mass is 131 g/mol. The molecule has 0 unspecified atom stereocenters. The molecule has 0 amide bonds. The molecule has 2 atom stereocenters. The summed E-state index contributed by atoms with van der Waals surface area (Å²) >= 11 is 0. The Morgan fingerprint density at radius 2 is 2.11 bits per heavy atom. The number of hydrogen-bond donors (Lipinski definition) is 2. The van der Waals surface area contributed by atoms with Gasteiger partial charge < -0.3 is 10.4 Å². The molecule has 0 aliphatic heterocycles. The first-order valence-corrected chi connectivity index (χ1v) is 2.95. The molecule has 0 saturated heterocycles. The third-order valence-corrected chi connectivity index (χ3v) is 1.23. The number of carbonyl (C=O) groups excluding carboxylic acids is 1. The van der Waals surface area contributed by atoms with Gasteiger partial charge in [0.05, 0.1) is 12.1 Å². The standard InChI is InChI=1S/C6H13NO2/c1-4(8)6(7-3)5(2)9/h4,6-8H,1-3H3/t4-,6+/m0/s1. The second-order valence-corrected chi connectivity index (χ2v) is 2.12. The van der Waals surface area contributed by atoms with Crippen LogP contribution in [-0.2, 0) is 4.79 Å². The number of rotatable bonds is 3. The average molecular weight is 131 g/mol. The van der Waals surface area contributed by atoms with Gasteiger partial charge in [0.1, 0.15) is 5.78 Å². The van der Waals surface area contributed by atoms with E-state index in [9.17, 15) is 4.79 Å². The van der Waals surface area contributed by atoms with Gasteiger partial charge in [0.2, 0.25) is 0 Å². The lowest BCUT2D eigenvalue weighted by atomic mass is 10.1. The van der Waals surface area contributed by atoms with Gasteiger partial charge in [0.15, 0.2) is 0 Å². The van der Waals surface area contributed by atoms with Crippen LogP contribution in [0, 0.1) is 0 Å². The molecule has 54 valence electrons. The number of hydrogen-bond acceptors (Lipinski definition) is 3. The van der Waals surface area contributed by atoms with Crippen molar-refractivity contribution in [2.75, 3.05) is 7.05 Å². The SMILES string of the molecule is CN[C@@H](C(C)=O)[C@H](C)O. The summed E-state index contributed by atoms with van der Waals surface area (Å²) in [5.41, 5.74) is 0. The van der Waals surface area contributed by atoms with Crippen LogP contribution in [-0.4, -0.2) is 30.1 Å². The molecule has 0 aromatic rings. The quantitative estimate of drug-likeness (QED) is 0.545. The molecule has 0 spiro atoms. The van der Waals surface area contributed by atoms with Crippen LogP contribution in [0.15, 0.2) is 0 Å². The van der Waals surface area contributed by atoms with Crippen molar-refractivity contribution in [3.8, 4) is 0 Å². The average Bonchev–Trinajstić information content (AvgIpc) is 1.64. The minimum absolute atomic E-state index is 0.0347. The van der Waals surface area contributed by atoms with Crippen molar-refractivity contribution in [1.29, 1.82) is 0 Å².